The van der Waals surface area contributed by atoms with Gasteiger partial charge in [0.2, 0.25) is 17.6 Å². The number of fused-ring (bicyclic) bond motifs is 1. The van der Waals surface area contributed by atoms with Crippen LogP contribution >= 0.6 is 0 Å². The van der Waals surface area contributed by atoms with Gasteiger partial charge >= 0.3 is 6.03 Å². The highest BCUT2D eigenvalue weighted by atomic mass is 32.2. The number of hydrogen-bond donors (Lipinski definition) is 4. The van der Waals surface area contributed by atoms with Crippen molar-refractivity contribution in [1.82, 2.24) is 34.8 Å². The monoisotopic (exact) mass is 733 g/mol. The van der Waals surface area contributed by atoms with E-state index in [-0.39, 0.29) is 49.7 Å². The van der Waals surface area contributed by atoms with Gasteiger partial charge in [-0.15, -0.1) is 18.9 Å². The second-order valence-electron chi connectivity index (χ2n) is 16.8. The molecule has 0 aromatic heterocycles. The number of Topliss-reactive ketones (excluding diaryl/α,β-unsaturated/α-hetero) is 1. The number of rotatable bonds is 15. The highest BCUT2D eigenvalue weighted by Gasteiger charge is 2.70. The zero-order valence-corrected chi connectivity index (χ0v) is 32.6. The number of likely N-dealkylation sites (N-methyl/N-ethyl adjacent to an activating group) is 1. The minimum atomic E-state index is -3.71. The van der Waals surface area contributed by atoms with Gasteiger partial charge in [-0.3, -0.25) is 19.2 Å². The van der Waals surface area contributed by atoms with Crippen LogP contribution < -0.4 is 21.3 Å². The van der Waals surface area contributed by atoms with Crippen molar-refractivity contribution in [2.24, 2.45) is 28.1 Å². The molecule has 0 radical (unpaired) electrons. The van der Waals surface area contributed by atoms with Gasteiger partial charge < -0.3 is 26.2 Å². The molecular weight excluding hydrogens is 675 g/mol. The van der Waals surface area contributed by atoms with Crippen molar-refractivity contribution in [2.75, 3.05) is 39.8 Å². The Morgan fingerprint density at radius 3 is 2.16 bits per heavy atom. The average Bonchev–Trinajstić information content (AvgIpc) is 3.49. The van der Waals surface area contributed by atoms with E-state index in [2.05, 4.69) is 33.8 Å². The molecule has 0 aromatic carbocycles. The maximum atomic E-state index is 14.4. The third-order valence-corrected chi connectivity index (χ3v) is 12.5. The van der Waals surface area contributed by atoms with Crippen LogP contribution in [0.2, 0.25) is 0 Å². The molecule has 3 rings (SSSR count). The van der Waals surface area contributed by atoms with Gasteiger partial charge in [0.15, 0.2) is 0 Å². The molecule has 1 unspecified atom stereocenters. The third-order valence-electron chi connectivity index (χ3n) is 10.6. The lowest BCUT2D eigenvalue weighted by atomic mass is 9.85. The Labute approximate surface area is 304 Å². The Morgan fingerprint density at radius 1 is 1.02 bits per heavy atom. The summed E-state index contributed by atoms with van der Waals surface area (Å²) in [5, 5.41) is 10.9. The molecule has 3 fully saturated rings. The molecule has 5 amide bonds. The summed E-state index contributed by atoms with van der Waals surface area (Å²) in [6.45, 7) is 20.0. The van der Waals surface area contributed by atoms with Crippen molar-refractivity contribution < 1.29 is 32.4 Å². The van der Waals surface area contributed by atoms with Gasteiger partial charge in [0.1, 0.15) is 12.1 Å². The van der Waals surface area contributed by atoms with Crippen LogP contribution in [0.5, 0.6) is 0 Å². The van der Waals surface area contributed by atoms with Gasteiger partial charge in [0.05, 0.1) is 6.04 Å². The molecule has 286 valence electrons. The molecule has 6 atom stereocenters. The van der Waals surface area contributed by atoms with Crippen molar-refractivity contribution in [2.45, 2.75) is 105 Å². The summed E-state index contributed by atoms with van der Waals surface area (Å²) in [6, 6.07) is -4.47. The summed E-state index contributed by atoms with van der Waals surface area (Å²) in [6.07, 6.45) is 8.64. The molecule has 3 aliphatic rings. The third kappa shape index (κ3) is 9.70. The van der Waals surface area contributed by atoms with Crippen LogP contribution in [0.25, 0.3) is 0 Å². The zero-order chi connectivity index (χ0) is 38.7. The van der Waals surface area contributed by atoms with E-state index in [0.717, 1.165) is 12.8 Å². The molecule has 1 saturated carbocycles. The lowest BCUT2D eigenvalue weighted by Gasteiger charge is -2.39. The Morgan fingerprint density at radius 2 is 1.63 bits per heavy atom. The first-order valence-corrected chi connectivity index (χ1v) is 19.2. The molecular formula is C36H59N7O7S. The minimum absolute atomic E-state index is 0.0146. The highest BCUT2D eigenvalue weighted by Crippen LogP contribution is 2.65. The van der Waals surface area contributed by atoms with E-state index in [1.807, 2.05) is 34.6 Å². The molecule has 15 heteroatoms. The first kappa shape index (κ1) is 41.9. The topological polar surface area (TPSA) is 177 Å². The number of terminal acetylenes is 1. The highest BCUT2D eigenvalue weighted by molar-refractivity contribution is 7.86. The fourth-order valence-corrected chi connectivity index (χ4v) is 8.58. The van der Waals surface area contributed by atoms with Gasteiger partial charge in [-0.05, 0) is 47.3 Å². The normalized spacial score (nSPS) is 23.3. The standard InChI is InChI=1S/C36H59N7O7S/c1-12-14-17-24(28(44)31(46)37-18-13-2)38-30(45)27-26-23(36(26,9)10)21-43(27)32(47)29(35(6,7)8)40-33(48)39-25(34(3,4)5)22-41(11)51(49,50)42-19-15-16-20-42/h1,13,23-27,29H,2,14-22H2,3-11H3,(H,37,46)(H,38,45)(H2,39,40,48)/t23-,24?,25+,26-,27-,29+/m0/s1. The maximum absolute atomic E-state index is 14.4. The fraction of sp³-hybridized carbons (Fsp3) is 0.750. The van der Waals surface area contributed by atoms with Crippen LogP contribution in [0.3, 0.4) is 0 Å². The molecule has 0 bridgehead atoms. The summed E-state index contributed by atoms with van der Waals surface area (Å²) in [5.41, 5.74) is -1.59. The zero-order valence-electron chi connectivity index (χ0n) is 31.8. The van der Waals surface area contributed by atoms with E-state index in [9.17, 15) is 32.4 Å². The van der Waals surface area contributed by atoms with Crippen LogP contribution in [0.15, 0.2) is 12.7 Å². The van der Waals surface area contributed by atoms with Gasteiger partial charge in [-0.1, -0.05) is 61.5 Å². The first-order chi connectivity index (χ1) is 23.5. The lowest BCUT2D eigenvalue weighted by Crippen LogP contribution is -2.63. The minimum Gasteiger partial charge on any atom is -0.346 e. The predicted octanol–water partition coefficient (Wildman–Crippen LogP) is 1.64. The summed E-state index contributed by atoms with van der Waals surface area (Å²) >= 11 is 0. The number of hydrogen-bond acceptors (Lipinski definition) is 7. The van der Waals surface area contributed by atoms with Crippen LogP contribution in [-0.4, -0.2) is 115 Å². The molecule has 1 aliphatic carbocycles. The summed E-state index contributed by atoms with van der Waals surface area (Å²) in [4.78, 5) is 69.1. The smallest absolute Gasteiger partial charge is 0.315 e. The van der Waals surface area contributed by atoms with Crippen LogP contribution in [-0.2, 0) is 29.4 Å². The van der Waals surface area contributed by atoms with Crippen LogP contribution in [0.4, 0.5) is 4.79 Å². The summed E-state index contributed by atoms with van der Waals surface area (Å²) < 4.78 is 29.1. The fourth-order valence-electron chi connectivity index (χ4n) is 7.13. The molecule has 4 N–H and O–H groups in total. The van der Waals surface area contributed by atoms with E-state index in [1.54, 1.807) is 20.8 Å². The molecule has 51 heavy (non-hydrogen) atoms. The number of carbonyl (C=O) groups excluding carboxylic acids is 5. The molecule has 2 aliphatic heterocycles. The molecule has 0 aromatic rings. The summed E-state index contributed by atoms with van der Waals surface area (Å²) in [5.74, 6) is -0.500. The number of urea groups is 1. The van der Waals surface area contributed by atoms with E-state index < -0.39 is 74.7 Å². The van der Waals surface area contributed by atoms with E-state index in [0.29, 0.717) is 13.1 Å². The molecule has 14 nitrogen and oxygen atoms in total. The second kappa shape index (κ2) is 16.0. The molecule has 0 spiro atoms. The quantitative estimate of drug-likeness (QED) is 0.112. The summed E-state index contributed by atoms with van der Waals surface area (Å²) in [7, 11) is -2.22. The van der Waals surface area contributed by atoms with Crippen LogP contribution in [0, 0.1) is 40.4 Å². The van der Waals surface area contributed by atoms with Crippen molar-refractivity contribution in [1.29, 1.82) is 0 Å². The number of ketones is 1. The van der Waals surface area contributed by atoms with Crippen LogP contribution in [0.1, 0.15) is 81.1 Å². The van der Waals surface area contributed by atoms with Gasteiger partial charge in [-0.25, -0.2) is 4.79 Å². The van der Waals surface area contributed by atoms with Crippen molar-refractivity contribution in [3.8, 4) is 12.3 Å². The largest absolute Gasteiger partial charge is 0.346 e. The Balaban J connectivity index is 1.82. The van der Waals surface area contributed by atoms with E-state index >= 15 is 0 Å². The number of amides is 5. The Bertz CT molecular complexity index is 1500. The average molecular weight is 734 g/mol. The number of nitrogens with one attached hydrogen (secondary N) is 4. The number of nitrogens with zero attached hydrogens (tertiary/aromatic N) is 3. The lowest BCUT2D eigenvalue weighted by molar-refractivity contribution is -0.145. The Kier molecular flexibility index (Phi) is 13.2. The SMILES string of the molecule is C#CCCC(NC(=O)[C@@H]1[C@@H]2[C@H](CN1C(=O)[C@@H](NC(=O)N[C@H](CN(C)S(=O)(=O)N1CCCC1)C(C)(C)C)C(C)(C)C)C2(C)C)C(=O)C(=O)NCC=C. The maximum Gasteiger partial charge on any atom is 0.315 e. The number of piperidine rings is 1. The number of likely N-dealkylation sites (tertiary alicyclic amines) is 1. The molecule has 2 heterocycles. The van der Waals surface area contributed by atoms with E-state index in [1.165, 1.54) is 26.6 Å². The first-order valence-electron chi connectivity index (χ1n) is 17.8. The van der Waals surface area contributed by atoms with Gasteiger partial charge in [0.25, 0.3) is 16.1 Å². The van der Waals surface area contributed by atoms with Crippen molar-refractivity contribution >= 4 is 39.7 Å². The van der Waals surface area contributed by atoms with Gasteiger partial charge in [-0.2, -0.15) is 17.0 Å². The van der Waals surface area contributed by atoms with Crippen molar-refractivity contribution in [3.63, 3.8) is 0 Å². The second-order valence-corrected chi connectivity index (χ2v) is 18.8. The van der Waals surface area contributed by atoms with Gasteiger partial charge in [0, 0.05) is 52.2 Å². The Hall–Kier alpha value is -3.48. The van der Waals surface area contributed by atoms with E-state index in [4.69, 9.17) is 6.42 Å². The van der Waals surface area contributed by atoms with Crippen molar-refractivity contribution in [3.05, 3.63) is 12.7 Å². The number of carbonyl (C=O) groups is 5. The molecule has 2 saturated heterocycles. The predicted molar refractivity (Wildman–Crippen MR) is 195 cm³/mol.